The lowest BCUT2D eigenvalue weighted by molar-refractivity contribution is 0.0696. The van der Waals surface area contributed by atoms with E-state index in [2.05, 4.69) is 15.2 Å². The maximum Gasteiger partial charge on any atom is 0.339 e. The number of nitrogens with one attached hydrogen (secondary N) is 1. The van der Waals surface area contributed by atoms with Gasteiger partial charge in [0.25, 0.3) is 5.91 Å². The molecule has 2 heterocycles. The van der Waals surface area contributed by atoms with Crippen LogP contribution < -0.4 is 15.1 Å². The molecule has 1 amide bonds. The van der Waals surface area contributed by atoms with Crippen LogP contribution in [-0.4, -0.2) is 53.9 Å². The Labute approximate surface area is 201 Å². The molecule has 9 heteroatoms. The van der Waals surface area contributed by atoms with E-state index in [4.69, 9.17) is 11.6 Å². The molecule has 3 aromatic rings. The molecule has 34 heavy (non-hydrogen) atoms. The predicted octanol–water partition coefficient (Wildman–Crippen LogP) is 4.21. The van der Waals surface area contributed by atoms with Crippen molar-refractivity contribution in [1.29, 1.82) is 0 Å². The molecule has 2 N–H and O–H groups in total. The number of aromatic nitrogens is 1. The molecule has 0 bridgehead atoms. The summed E-state index contributed by atoms with van der Waals surface area (Å²) in [5.41, 5.74) is 2.40. The van der Waals surface area contributed by atoms with Gasteiger partial charge in [-0.05, 0) is 61.5 Å². The Morgan fingerprint density at radius 2 is 1.50 bits per heavy atom. The van der Waals surface area contributed by atoms with Crippen molar-refractivity contribution in [2.75, 3.05) is 41.3 Å². The molecule has 2 aromatic carbocycles. The fourth-order valence-electron chi connectivity index (χ4n) is 3.82. The molecule has 1 fully saturated rings. The summed E-state index contributed by atoms with van der Waals surface area (Å²) in [5.74, 6) is -1.11. The number of aromatic carboxylic acids is 1. The van der Waals surface area contributed by atoms with Crippen LogP contribution in [0.4, 0.5) is 17.2 Å². The third-order valence-electron chi connectivity index (χ3n) is 5.68. The first-order chi connectivity index (χ1) is 16.3. The summed E-state index contributed by atoms with van der Waals surface area (Å²) in [6.45, 7) is 4.05. The van der Waals surface area contributed by atoms with Crippen molar-refractivity contribution >= 4 is 46.5 Å². The SMILES string of the molecule is CC(=O)c1ccc(N2CCN(c3ncc(NC(=O)c4ccc(Cl)cc4)cc3C(=O)O)CC2)cc1. The third-order valence-corrected chi connectivity index (χ3v) is 5.93. The van der Waals surface area contributed by atoms with Gasteiger partial charge in [0.1, 0.15) is 11.4 Å². The monoisotopic (exact) mass is 478 g/mol. The Kier molecular flexibility index (Phi) is 6.79. The fraction of sp³-hybridized carbons (Fsp3) is 0.200. The molecule has 1 saturated heterocycles. The predicted molar refractivity (Wildman–Crippen MR) is 131 cm³/mol. The van der Waals surface area contributed by atoms with E-state index in [9.17, 15) is 19.5 Å². The molecule has 0 unspecified atom stereocenters. The van der Waals surface area contributed by atoms with E-state index in [-0.39, 0.29) is 17.3 Å². The molecule has 0 radical (unpaired) electrons. The standard InChI is InChI=1S/C25H23ClN4O4/c1-16(31)17-4-8-21(9-5-17)29-10-12-30(13-11-29)23-22(25(33)34)14-20(15-27-23)28-24(32)18-2-6-19(26)7-3-18/h2-9,14-15H,10-13H2,1H3,(H,28,32)(H,33,34). The van der Waals surface area contributed by atoms with Crippen molar-refractivity contribution in [2.45, 2.75) is 6.92 Å². The highest BCUT2D eigenvalue weighted by atomic mass is 35.5. The van der Waals surface area contributed by atoms with Crippen LogP contribution in [-0.2, 0) is 0 Å². The molecule has 174 valence electrons. The van der Waals surface area contributed by atoms with Gasteiger partial charge in [0.2, 0.25) is 0 Å². The highest BCUT2D eigenvalue weighted by Gasteiger charge is 2.24. The summed E-state index contributed by atoms with van der Waals surface area (Å²) in [4.78, 5) is 44.4. The molecule has 0 atom stereocenters. The molecular weight excluding hydrogens is 456 g/mol. The number of hydrogen-bond acceptors (Lipinski definition) is 6. The van der Waals surface area contributed by atoms with Crippen molar-refractivity contribution in [3.8, 4) is 0 Å². The number of carboxylic acid groups (broad SMARTS) is 1. The van der Waals surface area contributed by atoms with Crippen molar-refractivity contribution < 1.29 is 19.5 Å². The minimum Gasteiger partial charge on any atom is -0.478 e. The van der Waals surface area contributed by atoms with Crippen LogP contribution in [0.25, 0.3) is 0 Å². The van der Waals surface area contributed by atoms with Gasteiger partial charge in [0.05, 0.1) is 11.9 Å². The highest BCUT2D eigenvalue weighted by Crippen LogP contribution is 2.25. The van der Waals surface area contributed by atoms with Gasteiger partial charge in [-0.2, -0.15) is 0 Å². The number of ketones is 1. The van der Waals surface area contributed by atoms with Crippen molar-refractivity contribution in [1.82, 2.24) is 4.98 Å². The first kappa shape index (κ1) is 23.3. The Hall–Kier alpha value is -3.91. The lowest BCUT2D eigenvalue weighted by atomic mass is 10.1. The van der Waals surface area contributed by atoms with Crippen molar-refractivity contribution in [3.05, 3.63) is 82.5 Å². The van der Waals surface area contributed by atoms with Gasteiger partial charge in [-0.25, -0.2) is 9.78 Å². The number of Topliss-reactive ketones (excluding diaryl/α,β-unsaturated/α-hetero) is 1. The van der Waals surface area contributed by atoms with Gasteiger partial charge in [0, 0.05) is 48.0 Å². The van der Waals surface area contributed by atoms with E-state index in [1.807, 2.05) is 29.2 Å². The van der Waals surface area contributed by atoms with Crippen LogP contribution in [0.5, 0.6) is 0 Å². The second-order valence-electron chi connectivity index (χ2n) is 7.94. The zero-order valence-corrected chi connectivity index (χ0v) is 19.2. The minimum atomic E-state index is -1.12. The van der Waals surface area contributed by atoms with E-state index >= 15 is 0 Å². The van der Waals surface area contributed by atoms with Gasteiger partial charge in [-0.1, -0.05) is 11.6 Å². The minimum absolute atomic E-state index is 0.0215. The van der Waals surface area contributed by atoms with Gasteiger partial charge in [0.15, 0.2) is 5.78 Å². The lowest BCUT2D eigenvalue weighted by Crippen LogP contribution is -2.47. The summed E-state index contributed by atoms with van der Waals surface area (Å²) in [6.07, 6.45) is 1.46. The van der Waals surface area contributed by atoms with E-state index in [1.165, 1.54) is 19.2 Å². The van der Waals surface area contributed by atoms with Crippen LogP contribution in [0.1, 0.15) is 38.0 Å². The summed E-state index contributed by atoms with van der Waals surface area (Å²) >= 11 is 5.86. The molecule has 1 aliphatic rings. The largest absolute Gasteiger partial charge is 0.478 e. The summed E-state index contributed by atoms with van der Waals surface area (Å²) < 4.78 is 0. The zero-order valence-electron chi connectivity index (χ0n) is 18.5. The molecular formula is C25H23ClN4O4. The van der Waals surface area contributed by atoms with Crippen LogP contribution in [0.2, 0.25) is 5.02 Å². The number of hydrogen-bond donors (Lipinski definition) is 2. The maximum absolute atomic E-state index is 12.5. The Bertz CT molecular complexity index is 1220. The van der Waals surface area contributed by atoms with Crippen LogP contribution >= 0.6 is 11.6 Å². The molecule has 1 aromatic heterocycles. The number of carbonyl (C=O) groups excluding carboxylic acids is 2. The van der Waals surface area contributed by atoms with Gasteiger partial charge >= 0.3 is 5.97 Å². The van der Waals surface area contributed by atoms with Crippen molar-refractivity contribution in [3.63, 3.8) is 0 Å². The molecule has 0 aliphatic carbocycles. The van der Waals surface area contributed by atoms with Gasteiger partial charge in [-0.15, -0.1) is 0 Å². The van der Waals surface area contributed by atoms with E-state index in [0.29, 0.717) is 53.8 Å². The number of carbonyl (C=O) groups is 3. The summed E-state index contributed by atoms with van der Waals surface area (Å²) in [6, 6.07) is 15.3. The Morgan fingerprint density at radius 1 is 0.912 bits per heavy atom. The number of carboxylic acids is 1. The first-order valence-corrected chi connectivity index (χ1v) is 11.1. The quantitative estimate of drug-likeness (QED) is 0.511. The molecule has 1 aliphatic heterocycles. The van der Waals surface area contributed by atoms with E-state index in [1.54, 1.807) is 24.3 Å². The van der Waals surface area contributed by atoms with Crippen LogP contribution in [0, 0.1) is 0 Å². The summed E-state index contributed by atoms with van der Waals surface area (Å²) in [5, 5.41) is 13.0. The topological polar surface area (TPSA) is 103 Å². The number of piperazine rings is 1. The number of pyridine rings is 1. The molecule has 0 saturated carbocycles. The normalized spacial score (nSPS) is 13.5. The Balaban J connectivity index is 1.45. The zero-order chi connectivity index (χ0) is 24.2. The van der Waals surface area contributed by atoms with E-state index < -0.39 is 5.97 Å². The molecule has 8 nitrogen and oxygen atoms in total. The average Bonchev–Trinajstić information content (AvgIpc) is 2.84. The number of benzene rings is 2. The van der Waals surface area contributed by atoms with Crippen molar-refractivity contribution in [2.24, 2.45) is 0 Å². The number of amides is 1. The lowest BCUT2D eigenvalue weighted by Gasteiger charge is -2.37. The smallest absolute Gasteiger partial charge is 0.339 e. The second kappa shape index (κ2) is 9.93. The van der Waals surface area contributed by atoms with Gasteiger partial charge in [-0.3, -0.25) is 9.59 Å². The van der Waals surface area contributed by atoms with Gasteiger partial charge < -0.3 is 20.2 Å². The molecule has 0 spiro atoms. The number of halogens is 1. The number of nitrogens with zero attached hydrogens (tertiary/aromatic N) is 3. The van der Waals surface area contributed by atoms with Crippen LogP contribution in [0.15, 0.2) is 60.8 Å². The average molecular weight is 479 g/mol. The first-order valence-electron chi connectivity index (χ1n) is 10.7. The number of anilines is 3. The fourth-order valence-corrected chi connectivity index (χ4v) is 3.95. The second-order valence-corrected chi connectivity index (χ2v) is 8.37. The maximum atomic E-state index is 12.5. The van der Waals surface area contributed by atoms with Crippen LogP contribution in [0.3, 0.4) is 0 Å². The van der Waals surface area contributed by atoms with E-state index in [0.717, 1.165) is 5.69 Å². The molecule has 4 rings (SSSR count). The highest BCUT2D eigenvalue weighted by molar-refractivity contribution is 6.30. The third kappa shape index (κ3) is 5.18. The number of rotatable bonds is 6. The summed E-state index contributed by atoms with van der Waals surface area (Å²) in [7, 11) is 0. The Morgan fingerprint density at radius 3 is 2.09 bits per heavy atom.